The van der Waals surface area contributed by atoms with Gasteiger partial charge in [-0.15, -0.1) is 0 Å². The van der Waals surface area contributed by atoms with E-state index >= 15 is 0 Å². The molecule has 0 heterocycles. The van der Waals surface area contributed by atoms with Crippen LogP contribution in [0.1, 0.15) is 32.8 Å². The second-order valence-electron chi connectivity index (χ2n) is 9.44. The minimum atomic E-state index is -1.52. The van der Waals surface area contributed by atoms with Gasteiger partial charge in [0.1, 0.15) is 12.1 Å². The molecule has 159 valence electrons. The molecule has 0 aromatic heterocycles. The van der Waals surface area contributed by atoms with Gasteiger partial charge in [-0.05, 0) is 39.9 Å². The van der Waals surface area contributed by atoms with Crippen LogP contribution in [0, 0.1) is 17.2 Å². The quantitative estimate of drug-likeness (QED) is 0.406. The molecule has 0 bridgehead atoms. The Morgan fingerprint density at radius 1 is 0.968 bits per heavy atom. The van der Waals surface area contributed by atoms with Gasteiger partial charge in [0.05, 0.1) is 11.5 Å². The number of benzene rings is 3. The monoisotopic (exact) mass is 431 g/mol. The van der Waals surface area contributed by atoms with Crippen LogP contribution in [0.3, 0.4) is 0 Å². The zero-order chi connectivity index (χ0) is 22.1. The Labute approximate surface area is 185 Å². The number of carbonyl (C=O) groups is 1. The summed E-state index contributed by atoms with van der Waals surface area (Å²) in [5.74, 6) is -0.296. The first-order valence-corrected chi connectivity index (χ1v) is 12.1. The first-order valence-electron chi connectivity index (χ1n) is 10.7. The van der Waals surface area contributed by atoms with E-state index in [0.29, 0.717) is 6.42 Å². The highest BCUT2D eigenvalue weighted by molar-refractivity contribution is 6.80. The van der Waals surface area contributed by atoms with Crippen LogP contribution in [-0.4, -0.2) is 21.4 Å². The van der Waals surface area contributed by atoms with Crippen molar-refractivity contribution < 1.29 is 13.6 Å². The van der Waals surface area contributed by atoms with E-state index in [9.17, 15) is 9.18 Å². The summed E-state index contributed by atoms with van der Waals surface area (Å²) in [7, 11) is -1.52. The van der Waals surface area contributed by atoms with Crippen molar-refractivity contribution in [1.29, 1.82) is 0 Å². The number of hydrogen-bond acceptors (Lipinski definition) is 2. The van der Waals surface area contributed by atoms with Crippen molar-refractivity contribution in [2.75, 3.05) is 0 Å². The Morgan fingerprint density at radius 2 is 1.55 bits per heavy atom. The van der Waals surface area contributed by atoms with Gasteiger partial charge >= 0.3 is 0 Å². The lowest BCUT2D eigenvalue weighted by atomic mass is 9.82. The van der Waals surface area contributed by atoms with Crippen LogP contribution in [0.15, 0.2) is 84.9 Å². The van der Waals surface area contributed by atoms with Gasteiger partial charge in [-0.3, -0.25) is 0 Å². The Hall–Kier alpha value is -2.56. The molecule has 2 nitrogen and oxygen atoms in total. The van der Waals surface area contributed by atoms with Gasteiger partial charge in [-0.2, -0.15) is 0 Å². The number of halogens is 1. The molecule has 0 aliphatic heterocycles. The van der Waals surface area contributed by atoms with Gasteiger partial charge in [-0.1, -0.05) is 93.6 Å². The van der Waals surface area contributed by atoms with E-state index < -0.39 is 14.5 Å². The zero-order valence-corrected chi connectivity index (χ0v) is 19.2. The third-order valence-electron chi connectivity index (χ3n) is 6.17. The summed E-state index contributed by atoms with van der Waals surface area (Å²) in [6.07, 6.45) is 1.54. The Bertz CT molecular complexity index is 992. The number of hydrogen-bond donors (Lipinski definition) is 0. The maximum Gasteiger partial charge on any atom is 0.283 e. The third-order valence-corrected chi connectivity index (χ3v) is 8.37. The first kappa shape index (κ1) is 21.7. The summed E-state index contributed by atoms with van der Waals surface area (Å²) < 4.78 is 20.9. The highest BCUT2D eigenvalue weighted by Crippen LogP contribution is 2.58. The fourth-order valence-corrected chi connectivity index (χ4v) is 6.83. The summed E-state index contributed by atoms with van der Waals surface area (Å²) in [4.78, 5) is 12.3. The zero-order valence-electron chi connectivity index (χ0n) is 18.2. The van der Waals surface area contributed by atoms with Crippen LogP contribution >= 0.6 is 0 Å². The van der Waals surface area contributed by atoms with E-state index in [1.165, 1.54) is 22.5 Å². The number of carbonyl (C=O) groups excluding carboxylic acids is 1. The molecule has 1 aliphatic rings. The first-order chi connectivity index (χ1) is 14.8. The Balaban J connectivity index is 1.71. The molecule has 0 saturated heterocycles. The third kappa shape index (κ3) is 4.41. The lowest BCUT2D eigenvalue weighted by Crippen LogP contribution is -2.50. The van der Waals surface area contributed by atoms with E-state index in [0.717, 1.165) is 11.8 Å². The normalized spacial score (nSPS) is 21.6. The molecule has 3 aromatic rings. The minimum absolute atomic E-state index is 0.0132. The van der Waals surface area contributed by atoms with Crippen LogP contribution in [0.4, 0.5) is 4.39 Å². The van der Waals surface area contributed by atoms with Gasteiger partial charge < -0.3 is 9.22 Å². The van der Waals surface area contributed by atoms with Crippen LogP contribution in [0.25, 0.3) is 0 Å². The SMILES string of the molecule is CC(C)(C)C(O[Si](c1ccccc1)c1ccccc1)[C@H]1C[C@]1(C=O)c1cccc(F)c1. The molecule has 0 N–H and O–H groups in total. The van der Waals surface area contributed by atoms with E-state index in [2.05, 4.69) is 45.0 Å². The fraction of sp³-hybridized carbons (Fsp3) is 0.296. The second-order valence-corrected chi connectivity index (χ2v) is 11.5. The molecular formula is C27H28FO2Si. The van der Waals surface area contributed by atoms with Gasteiger partial charge in [0, 0.05) is 5.92 Å². The summed E-state index contributed by atoms with van der Waals surface area (Å²) in [6, 6.07) is 27.1. The lowest BCUT2D eigenvalue weighted by Gasteiger charge is -2.35. The molecule has 1 radical (unpaired) electrons. The minimum Gasteiger partial charge on any atom is -0.403 e. The predicted octanol–water partition coefficient (Wildman–Crippen LogP) is 4.52. The van der Waals surface area contributed by atoms with Crippen LogP contribution in [-0.2, 0) is 14.6 Å². The Kier molecular flexibility index (Phi) is 5.95. The predicted molar refractivity (Wildman–Crippen MR) is 124 cm³/mol. The van der Waals surface area contributed by atoms with Crippen LogP contribution in [0.5, 0.6) is 0 Å². The number of aldehydes is 1. The van der Waals surface area contributed by atoms with Crippen molar-refractivity contribution in [2.24, 2.45) is 11.3 Å². The summed E-state index contributed by atoms with van der Waals surface area (Å²) >= 11 is 0. The van der Waals surface area contributed by atoms with E-state index in [-0.39, 0.29) is 23.3 Å². The molecule has 3 aromatic carbocycles. The molecule has 4 rings (SSSR count). The number of rotatable bonds is 7. The molecule has 1 aliphatic carbocycles. The van der Waals surface area contributed by atoms with Crippen molar-refractivity contribution in [3.63, 3.8) is 0 Å². The van der Waals surface area contributed by atoms with Gasteiger partial charge in [0.2, 0.25) is 0 Å². The van der Waals surface area contributed by atoms with E-state index in [4.69, 9.17) is 4.43 Å². The van der Waals surface area contributed by atoms with E-state index in [1.54, 1.807) is 6.07 Å². The van der Waals surface area contributed by atoms with Crippen molar-refractivity contribution in [2.45, 2.75) is 38.7 Å². The molecule has 4 heteroatoms. The summed E-state index contributed by atoms with van der Waals surface area (Å²) in [5.41, 5.74) is -0.110. The van der Waals surface area contributed by atoms with Crippen molar-refractivity contribution in [3.05, 3.63) is 96.3 Å². The summed E-state index contributed by atoms with van der Waals surface area (Å²) in [5, 5.41) is 2.35. The molecule has 1 saturated carbocycles. The van der Waals surface area contributed by atoms with Crippen LogP contribution < -0.4 is 10.4 Å². The maximum atomic E-state index is 13.9. The standard InChI is InChI=1S/C27H28FO2Si/c1-26(2,3)25(24-18-27(24,19-29)20-11-10-12-21(28)17-20)30-31(22-13-6-4-7-14-22)23-15-8-5-9-16-23/h4-17,19,24-25H,18H2,1-3H3/t24-,25?,27+/m1/s1. The molecule has 3 atom stereocenters. The van der Waals surface area contributed by atoms with Crippen LogP contribution in [0.2, 0.25) is 0 Å². The maximum absolute atomic E-state index is 13.9. The molecule has 31 heavy (non-hydrogen) atoms. The summed E-state index contributed by atoms with van der Waals surface area (Å²) in [6.45, 7) is 6.48. The average molecular weight is 432 g/mol. The molecular weight excluding hydrogens is 403 g/mol. The Morgan fingerprint density at radius 3 is 2.03 bits per heavy atom. The van der Waals surface area contributed by atoms with Crippen molar-refractivity contribution >= 4 is 25.7 Å². The molecule has 1 unspecified atom stereocenters. The average Bonchev–Trinajstić information content (AvgIpc) is 3.50. The second kappa shape index (κ2) is 8.52. The smallest absolute Gasteiger partial charge is 0.283 e. The lowest BCUT2D eigenvalue weighted by molar-refractivity contribution is -0.110. The highest BCUT2D eigenvalue weighted by Gasteiger charge is 2.61. The molecule has 1 fully saturated rings. The molecule has 0 spiro atoms. The molecule has 0 amide bonds. The largest absolute Gasteiger partial charge is 0.403 e. The highest BCUT2D eigenvalue weighted by atomic mass is 28.3. The van der Waals surface area contributed by atoms with Gasteiger partial charge in [0.15, 0.2) is 0 Å². The van der Waals surface area contributed by atoms with Gasteiger partial charge in [-0.25, -0.2) is 4.39 Å². The topological polar surface area (TPSA) is 26.3 Å². The van der Waals surface area contributed by atoms with Crippen molar-refractivity contribution in [1.82, 2.24) is 0 Å². The van der Waals surface area contributed by atoms with Crippen molar-refractivity contribution in [3.8, 4) is 0 Å². The fourth-order valence-electron chi connectivity index (χ4n) is 4.47. The van der Waals surface area contributed by atoms with E-state index in [1.807, 2.05) is 42.5 Å². The van der Waals surface area contributed by atoms with Gasteiger partial charge in [0.25, 0.3) is 9.04 Å².